The smallest absolute Gasteiger partial charge is 0.239 e. The van der Waals surface area contributed by atoms with Gasteiger partial charge in [-0.25, -0.2) is 0 Å². The molecule has 0 aliphatic rings. The highest BCUT2D eigenvalue weighted by Crippen LogP contribution is 2.26. The Kier molecular flexibility index (Phi) is 5.04. The van der Waals surface area contributed by atoms with E-state index in [2.05, 4.69) is 12.2 Å². The van der Waals surface area contributed by atoms with E-state index in [1.807, 2.05) is 42.0 Å². The first-order valence-corrected chi connectivity index (χ1v) is 7.23. The van der Waals surface area contributed by atoms with Crippen LogP contribution >= 0.6 is 0 Å². The zero-order valence-corrected chi connectivity index (χ0v) is 12.2. The minimum Gasteiger partial charge on any atom is -0.493 e. The Labute approximate surface area is 119 Å². The van der Waals surface area contributed by atoms with Crippen molar-refractivity contribution in [1.29, 1.82) is 0 Å². The van der Waals surface area contributed by atoms with Crippen molar-refractivity contribution in [1.82, 2.24) is 9.88 Å². The zero-order valence-electron chi connectivity index (χ0n) is 12.2. The van der Waals surface area contributed by atoms with Gasteiger partial charge in [-0.2, -0.15) is 0 Å². The summed E-state index contributed by atoms with van der Waals surface area (Å²) in [5.74, 6) is 0.932. The quantitative estimate of drug-likeness (QED) is 0.843. The van der Waals surface area contributed by atoms with Crippen LogP contribution in [0.3, 0.4) is 0 Å². The number of ether oxygens (including phenoxy) is 1. The number of aromatic nitrogens is 1. The second-order valence-electron chi connectivity index (χ2n) is 4.83. The second-order valence-corrected chi connectivity index (χ2v) is 4.83. The number of nitrogens with zero attached hydrogens (tertiary/aromatic N) is 1. The lowest BCUT2D eigenvalue weighted by molar-refractivity contribution is -0.121. The predicted octanol–water partition coefficient (Wildman–Crippen LogP) is 2.96. The molecule has 0 aliphatic carbocycles. The number of nitrogens with one attached hydrogen (secondary N) is 1. The third-order valence-corrected chi connectivity index (χ3v) is 3.12. The molecular formula is C16H22N2O2. The van der Waals surface area contributed by atoms with E-state index in [0.29, 0.717) is 13.2 Å². The second kappa shape index (κ2) is 6.98. The maximum atomic E-state index is 11.8. The van der Waals surface area contributed by atoms with Gasteiger partial charge in [-0.05, 0) is 31.0 Å². The van der Waals surface area contributed by atoms with Crippen molar-refractivity contribution < 1.29 is 9.53 Å². The Morgan fingerprint density at radius 1 is 1.25 bits per heavy atom. The summed E-state index contributed by atoms with van der Waals surface area (Å²) in [5.41, 5.74) is 1.03. The summed E-state index contributed by atoms with van der Waals surface area (Å²) < 4.78 is 7.70. The number of rotatable bonds is 7. The molecule has 1 heterocycles. The van der Waals surface area contributed by atoms with Gasteiger partial charge in [0.05, 0.1) is 12.1 Å². The Morgan fingerprint density at radius 2 is 2.10 bits per heavy atom. The highest BCUT2D eigenvalue weighted by molar-refractivity contribution is 5.88. The number of hydrogen-bond acceptors (Lipinski definition) is 2. The fraction of sp³-hybridized carbons (Fsp3) is 0.438. The van der Waals surface area contributed by atoms with Crippen LogP contribution in [-0.2, 0) is 11.3 Å². The molecule has 0 saturated heterocycles. The first-order valence-electron chi connectivity index (χ1n) is 7.23. The Balaban J connectivity index is 2.17. The number of carbonyl (C=O) groups excluding carboxylic acids is 1. The van der Waals surface area contributed by atoms with E-state index in [1.54, 1.807) is 0 Å². The highest BCUT2D eigenvalue weighted by Gasteiger charge is 2.08. The molecule has 0 saturated carbocycles. The van der Waals surface area contributed by atoms with Crippen LogP contribution in [-0.4, -0.2) is 23.6 Å². The molecule has 1 N–H and O–H groups in total. The largest absolute Gasteiger partial charge is 0.493 e. The molecular weight excluding hydrogens is 252 g/mol. The number of amides is 1. The summed E-state index contributed by atoms with van der Waals surface area (Å²) in [6, 6.07) is 7.96. The average molecular weight is 274 g/mol. The van der Waals surface area contributed by atoms with E-state index in [1.165, 1.54) is 0 Å². The van der Waals surface area contributed by atoms with Crippen molar-refractivity contribution in [3.63, 3.8) is 0 Å². The van der Waals surface area contributed by atoms with Crippen LogP contribution in [0.5, 0.6) is 5.75 Å². The van der Waals surface area contributed by atoms with Crippen molar-refractivity contribution in [2.75, 3.05) is 13.2 Å². The molecule has 0 unspecified atom stereocenters. The molecule has 2 rings (SSSR count). The molecule has 4 nitrogen and oxygen atoms in total. The number of benzene rings is 1. The predicted molar refractivity (Wildman–Crippen MR) is 81.0 cm³/mol. The summed E-state index contributed by atoms with van der Waals surface area (Å²) >= 11 is 0. The monoisotopic (exact) mass is 274 g/mol. The van der Waals surface area contributed by atoms with Crippen LogP contribution in [0.4, 0.5) is 0 Å². The maximum absolute atomic E-state index is 11.8. The number of hydrogen-bond donors (Lipinski definition) is 1. The molecule has 0 atom stereocenters. The van der Waals surface area contributed by atoms with E-state index < -0.39 is 0 Å². The van der Waals surface area contributed by atoms with Gasteiger partial charge in [0.2, 0.25) is 5.91 Å². The van der Waals surface area contributed by atoms with Gasteiger partial charge in [0.25, 0.3) is 0 Å². The van der Waals surface area contributed by atoms with Crippen LogP contribution in [0, 0.1) is 0 Å². The van der Waals surface area contributed by atoms with Crippen LogP contribution in [0.15, 0.2) is 30.5 Å². The van der Waals surface area contributed by atoms with Gasteiger partial charge in [-0.15, -0.1) is 0 Å². The van der Waals surface area contributed by atoms with Crippen LogP contribution < -0.4 is 10.1 Å². The van der Waals surface area contributed by atoms with E-state index in [9.17, 15) is 4.79 Å². The maximum Gasteiger partial charge on any atom is 0.239 e. The lowest BCUT2D eigenvalue weighted by Gasteiger charge is -2.08. The van der Waals surface area contributed by atoms with E-state index >= 15 is 0 Å². The molecule has 0 fully saturated rings. The zero-order chi connectivity index (χ0) is 14.4. The molecule has 0 radical (unpaired) electrons. The number of carbonyl (C=O) groups is 1. The Bertz CT molecular complexity index is 575. The summed E-state index contributed by atoms with van der Waals surface area (Å²) in [4.78, 5) is 11.8. The minimum absolute atomic E-state index is 0.0456. The summed E-state index contributed by atoms with van der Waals surface area (Å²) in [5, 5.41) is 3.95. The molecule has 1 aromatic carbocycles. The third-order valence-electron chi connectivity index (χ3n) is 3.12. The molecule has 0 aliphatic heterocycles. The molecule has 20 heavy (non-hydrogen) atoms. The van der Waals surface area contributed by atoms with E-state index in [-0.39, 0.29) is 5.91 Å². The topological polar surface area (TPSA) is 43.3 Å². The first-order chi connectivity index (χ1) is 9.76. The van der Waals surface area contributed by atoms with Crippen LogP contribution in [0.2, 0.25) is 0 Å². The standard InChI is InChI=1S/C16H22N2O2/c1-3-9-17-16(19)12-18-10-8-13-14(18)6-5-7-15(13)20-11-4-2/h5-8,10H,3-4,9,11-12H2,1-2H3,(H,17,19). The summed E-state index contributed by atoms with van der Waals surface area (Å²) in [6.07, 6.45) is 3.87. The Hall–Kier alpha value is -1.97. The molecule has 2 aromatic rings. The lowest BCUT2D eigenvalue weighted by atomic mass is 10.2. The van der Waals surface area contributed by atoms with Crippen molar-refractivity contribution in [2.24, 2.45) is 0 Å². The number of fused-ring (bicyclic) bond motifs is 1. The molecule has 1 aromatic heterocycles. The summed E-state index contributed by atoms with van der Waals surface area (Å²) in [6.45, 7) is 5.91. The normalized spacial score (nSPS) is 10.7. The fourth-order valence-electron chi connectivity index (χ4n) is 2.15. The molecule has 0 spiro atoms. The SMILES string of the molecule is CCCNC(=O)Cn1ccc2c(OCCC)cccc21. The van der Waals surface area contributed by atoms with Gasteiger partial charge >= 0.3 is 0 Å². The van der Waals surface area contributed by atoms with Gasteiger partial charge in [0.15, 0.2) is 0 Å². The van der Waals surface area contributed by atoms with Gasteiger partial charge in [0, 0.05) is 18.1 Å². The Morgan fingerprint density at radius 3 is 2.85 bits per heavy atom. The van der Waals surface area contributed by atoms with Gasteiger partial charge in [-0.3, -0.25) is 4.79 Å². The van der Waals surface area contributed by atoms with Crippen molar-refractivity contribution in [3.05, 3.63) is 30.5 Å². The highest BCUT2D eigenvalue weighted by atomic mass is 16.5. The molecule has 0 bridgehead atoms. The van der Waals surface area contributed by atoms with Crippen molar-refractivity contribution in [3.8, 4) is 5.75 Å². The van der Waals surface area contributed by atoms with E-state index in [4.69, 9.17) is 4.74 Å². The minimum atomic E-state index is 0.0456. The summed E-state index contributed by atoms with van der Waals surface area (Å²) in [7, 11) is 0. The van der Waals surface area contributed by atoms with Crippen molar-refractivity contribution >= 4 is 16.8 Å². The van der Waals surface area contributed by atoms with Crippen molar-refractivity contribution in [2.45, 2.75) is 33.2 Å². The third kappa shape index (κ3) is 3.32. The van der Waals surface area contributed by atoms with Gasteiger partial charge < -0.3 is 14.6 Å². The molecule has 1 amide bonds. The van der Waals surface area contributed by atoms with Gasteiger partial charge in [-0.1, -0.05) is 19.9 Å². The van der Waals surface area contributed by atoms with E-state index in [0.717, 1.165) is 36.0 Å². The van der Waals surface area contributed by atoms with Gasteiger partial charge in [0.1, 0.15) is 12.3 Å². The average Bonchev–Trinajstić information content (AvgIpc) is 2.86. The molecule has 108 valence electrons. The first kappa shape index (κ1) is 14.4. The fourth-order valence-corrected chi connectivity index (χ4v) is 2.15. The lowest BCUT2D eigenvalue weighted by Crippen LogP contribution is -2.27. The molecule has 4 heteroatoms. The van der Waals surface area contributed by atoms with Crippen LogP contribution in [0.25, 0.3) is 10.9 Å². The van der Waals surface area contributed by atoms with Crippen LogP contribution in [0.1, 0.15) is 26.7 Å².